The Kier molecular flexibility index (Phi) is 10.3. The monoisotopic (exact) mass is 627 g/mol. The maximum Gasteiger partial charge on any atom is 0.264 e. The Bertz CT molecular complexity index is 1690. The van der Waals surface area contributed by atoms with Crippen LogP contribution >= 0.6 is 0 Å². The normalized spacial score (nSPS) is 14.1. The first-order valence-corrected chi connectivity index (χ1v) is 16.7. The summed E-state index contributed by atoms with van der Waals surface area (Å²) in [7, 11) is -4.36. The minimum Gasteiger partial charge on any atom is -0.352 e. The molecular formula is C36H38FN3O4S. The Balaban J connectivity index is 1.56. The summed E-state index contributed by atoms with van der Waals surface area (Å²) < 4.78 is 44.0. The van der Waals surface area contributed by atoms with Gasteiger partial charge < -0.3 is 10.2 Å². The number of sulfonamides is 1. The highest BCUT2D eigenvalue weighted by Crippen LogP contribution is 2.27. The van der Waals surface area contributed by atoms with Crippen LogP contribution in [0.2, 0.25) is 0 Å². The smallest absolute Gasteiger partial charge is 0.264 e. The molecule has 0 radical (unpaired) electrons. The van der Waals surface area contributed by atoms with Gasteiger partial charge >= 0.3 is 0 Å². The number of aryl methyl sites for hydroxylation is 1. The second-order valence-corrected chi connectivity index (χ2v) is 13.3. The molecule has 1 N–H and O–H groups in total. The third kappa shape index (κ3) is 7.97. The summed E-state index contributed by atoms with van der Waals surface area (Å²) >= 11 is 0. The molecule has 1 saturated carbocycles. The number of nitrogens with one attached hydrogen (secondary N) is 1. The van der Waals surface area contributed by atoms with Gasteiger partial charge in [0.1, 0.15) is 18.4 Å². The number of benzene rings is 4. The van der Waals surface area contributed by atoms with Gasteiger partial charge in [0.15, 0.2) is 0 Å². The van der Waals surface area contributed by atoms with Crippen molar-refractivity contribution in [2.24, 2.45) is 0 Å². The van der Waals surface area contributed by atoms with Gasteiger partial charge in [0, 0.05) is 19.0 Å². The van der Waals surface area contributed by atoms with Crippen LogP contribution in [0, 0.1) is 12.7 Å². The third-order valence-corrected chi connectivity index (χ3v) is 9.95. The molecule has 1 unspecified atom stereocenters. The zero-order valence-electron chi connectivity index (χ0n) is 25.3. The second-order valence-electron chi connectivity index (χ2n) is 11.5. The summed E-state index contributed by atoms with van der Waals surface area (Å²) in [5.41, 5.74) is 2.42. The summed E-state index contributed by atoms with van der Waals surface area (Å²) in [4.78, 5) is 29.9. The lowest BCUT2D eigenvalue weighted by Crippen LogP contribution is -2.54. The second kappa shape index (κ2) is 14.5. The van der Waals surface area contributed by atoms with E-state index in [0.717, 1.165) is 52.7 Å². The van der Waals surface area contributed by atoms with Crippen LogP contribution < -0.4 is 9.62 Å². The average Bonchev–Trinajstić information content (AvgIpc) is 3.56. The van der Waals surface area contributed by atoms with Crippen LogP contribution in [0.4, 0.5) is 10.1 Å². The van der Waals surface area contributed by atoms with E-state index >= 15 is 4.39 Å². The van der Waals surface area contributed by atoms with Crippen molar-refractivity contribution in [2.45, 2.75) is 62.6 Å². The van der Waals surface area contributed by atoms with Gasteiger partial charge in [0.2, 0.25) is 11.8 Å². The summed E-state index contributed by atoms with van der Waals surface area (Å²) in [5.74, 6) is -1.70. The first-order chi connectivity index (χ1) is 21.7. The molecule has 0 saturated heterocycles. The molecule has 234 valence electrons. The van der Waals surface area contributed by atoms with Gasteiger partial charge in [0.25, 0.3) is 10.0 Å². The molecule has 1 aliphatic carbocycles. The van der Waals surface area contributed by atoms with Crippen LogP contribution in [0.5, 0.6) is 0 Å². The zero-order chi connectivity index (χ0) is 31.8. The van der Waals surface area contributed by atoms with Crippen molar-refractivity contribution >= 4 is 27.5 Å². The number of anilines is 1. The van der Waals surface area contributed by atoms with Crippen molar-refractivity contribution < 1.29 is 22.4 Å². The van der Waals surface area contributed by atoms with Gasteiger partial charge in [0.05, 0.1) is 10.6 Å². The van der Waals surface area contributed by atoms with Crippen molar-refractivity contribution in [3.63, 3.8) is 0 Å². The maximum absolute atomic E-state index is 15.2. The van der Waals surface area contributed by atoms with E-state index in [0.29, 0.717) is 0 Å². The number of halogens is 1. The molecule has 9 heteroatoms. The van der Waals surface area contributed by atoms with Crippen molar-refractivity contribution in [2.75, 3.05) is 10.8 Å². The molecule has 0 bridgehead atoms. The maximum atomic E-state index is 15.2. The minimum absolute atomic E-state index is 0.0143. The number of hydrogen-bond donors (Lipinski definition) is 1. The molecular weight excluding hydrogens is 589 g/mol. The lowest BCUT2D eigenvalue weighted by atomic mass is 10.0. The average molecular weight is 628 g/mol. The largest absolute Gasteiger partial charge is 0.352 e. The molecule has 1 aliphatic rings. The van der Waals surface area contributed by atoms with Gasteiger partial charge in [-0.15, -0.1) is 0 Å². The first-order valence-electron chi connectivity index (χ1n) is 15.2. The number of hydrogen-bond acceptors (Lipinski definition) is 4. The van der Waals surface area contributed by atoms with Gasteiger partial charge in [-0.3, -0.25) is 13.9 Å². The van der Waals surface area contributed by atoms with E-state index in [4.69, 9.17) is 0 Å². The standard InChI is InChI=1S/C36H38FN3O4S/c1-27-20-22-29(23-21-27)25-39(34(24-28-12-4-2-5-13-28)36(42)38-30-14-8-9-15-30)35(41)26-40(33-19-11-10-18-32(33)37)45(43,44)31-16-6-3-7-17-31/h2-7,10-13,16-23,30,34H,8-9,14-15,24-26H2,1H3,(H,38,42). The highest BCUT2D eigenvalue weighted by molar-refractivity contribution is 7.92. The van der Waals surface area contributed by atoms with Crippen LogP contribution in [0.15, 0.2) is 114 Å². The van der Waals surface area contributed by atoms with Crippen molar-refractivity contribution in [1.29, 1.82) is 0 Å². The number of carbonyl (C=O) groups is 2. The van der Waals surface area contributed by atoms with E-state index in [9.17, 15) is 18.0 Å². The van der Waals surface area contributed by atoms with E-state index < -0.39 is 34.3 Å². The van der Waals surface area contributed by atoms with Crippen LogP contribution in [0.1, 0.15) is 42.4 Å². The van der Waals surface area contributed by atoms with E-state index in [1.54, 1.807) is 18.2 Å². The summed E-state index contributed by atoms with van der Waals surface area (Å²) in [6.07, 6.45) is 4.00. The number of amides is 2. The van der Waals surface area contributed by atoms with Gasteiger partial charge in [-0.25, -0.2) is 12.8 Å². The van der Waals surface area contributed by atoms with E-state index in [1.165, 1.54) is 35.2 Å². The molecule has 0 heterocycles. The molecule has 0 spiro atoms. The Morgan fingerprint density at radius 3 is 2.07 bits per heavy atom. The van der Waals surface area contributed by atoms with E-state index in [-0.39, 0.29) is 35.5 Å². The lowest BCUT2D eigenvalue weighted by molar-refractivity contribution is -0.140. The van der Waals surface area contributed by atoms with E-state index in [2.05, 4.69) is 5.32 Å². The molecule has 4 aromatic carbocycles. The van der Waals surface area contributed by atoms with Crippen LogP contribution in [0.3, 0.4) is 0 Å². The van der Waals surface area contributed by atoms with Gasteiger partial charge in [-0.05, 0) is 55.2 Å². The molecule has 1 atom stereocenters. The zero-order valence-corrected chi connectivity index (χ0v) is 26.1. The summed E-state index contributed by atoms with van der Waals surface area (Å²) in [6.45, 7) is 1.32. The molecule has 2 amide bonds. The molecule has 4 aromatic rings. The molecule has 45 heavy (non-hydrogen) atoms. The third-order valence-electron chi connectivity index (χ3n) is 8.18. The number of nitrogens with zero attached hydrogens (tertiary/aromatic N) is 2. The first kappa shape index (κ1) is 31.9. The predicted octanol–water partition coefficient (Wildman–Crippen LogP) is 6.03. The van der Waals surface area contributed by atoms with Gasteiger partial charge in [-0.1, -0.05) is 103 Å². The summed E-state index contributed by atoms with van der Waals surface area (Å²) in [5, 5.41) is 3.15. The molecule has 5 rings (SSSR count). The topological polar surface area (TPSA) is 86.8 Å². The van der Waals surface area contributed by atoms with Crippen molar-refractivity contribution in [3.05, 3.63) is 132 Å². The lowest BCUT2D eigenvalue weighted by Gasteiger charge is -2.34. The number of carbonyl (C=O) groups excluding carboxylic acids is 2. The van der Waals surface area contributed by atoms with Crippen LogP contribution in [0.25, 0.3) is 0 Å². The molecule has 7 nitrogen and oxygen atoms in total. The number of para-hydroxylation sites is 1. The Morgan fingerprint density at radius 1 is 0.822 bits per heavy atom. The molecule has 1 fully saturated rings. The highest BCUT2D eigenvalue weighted by Gasteiger charge is 2.36. The van der Waals surface area contributed by atoms with Crippen LogP contribution in [-0.4, -0.2) is 43.8 Å². The van der Waals surface area contributed by atoms with Crippen molar-refractivity contribution in [3.8, 4) is 0 Å². The minimum atomic E-state index is -4.36. The predicted molar refractivity (Wildman–Crippen MR) is 173 cm³/mol. The fourth-order valence-electron chi connectivity index (χ4n) is 5.70. The van der Waals surface area contributed by atoms with Crippen molar-refractivity contribution in [1.82, 2.24) is 10.2 Å². The molecule has 0 aromatic heterocycles. The Hall–Kier alpha value is -4.50. The fraction of sp³-hybridized carbons (Fsp3) is 0.278. The quantitative estimate of drug-likeness (QED) is 0.208. The SMILES string of the molecule is Cc1ccc(CN(C(=O)CN(c2ccccc2F)S(=O)(=O)c2ccccc2)C(Cc2ccccc2)C(=O)NC2CCCC2)cc1. The number of rotatable bonds is 12. The Morgan fingerprint density at radius 2 is 1.42 bits per heavy atom. The van der Waals surface area contributed by atoms with E-state index in [1.807, 2.05) is 61.5 Å². The summed E-state index contributed by atoms with van der Waals surface area (Å²) in [6, 6.07) is 29.2. The van der Waals surface area contributed by atoms with Gasteiger partial charge in [-0.2, -0.15) is 0 Å². The molecule has 0 aliphatic heterocycles. The van der Waals surface area contributed by atoms with Crippen LogP contribution in [-0.2, 0) is 32.6 Å². The fourth-order valence-corrected chi connectivity index (χ4v) is 7.14. The Labute approximate surface area is 264 Å². The highest BCUT2D eigenvalue weighted by atomic mass is 32.2.